The molecule has 1 unspecified atom stereocenters. The Labute approximate surface area is 103 Å². The molecule has 0 bridgehead atoms. The Morgan fingerprint density at radius 3 is 2.59 bits per heavy atom. The predicted molar refractivity (Wildman–Crippen MR) is 63.1 cm³/mol. The molecule has 1 N–H and O–H groups in total. The summed E-state index contributed by atoms with van der Waals surface area (Å²) in [5.74, 6) is 0.357. The Balaban J connectivity index is 2.02. The molecule has 1 atom stereocenters. The summed E-state index contributed by atoms with van der Waals surface area (Å²) < 4.78 is 36.9. The minimum Gasteiger partial charge on any atom is -0.301 e. The van der Waals surface area contributed by atoms with Gasteiger partial charge in [0.1, 0.15) is 0 Å². The second-order valence-corrected chi connectivity index (χ2v) is 5.51. The number of hydrogen-bond donors (Lipinski definition) is 1. The van der Waals surface area contributed by atoms with Crippen molar-refractivity contribution in [3.05, 3.63) is 22.4 Å². The number of rotatable bonds is 4. The average Bonchev–Trinajstić information content (AvgIpc) is 2.86. The molecule has 5 heteroatoms. The highest BCUT2D eigenvalue weighted by atomic mass is 32.1. The Hall–Kier alpha value is -0.550. The van der Waals surface area contributed by atoms with Gasteiger partial charge in [-0.15, -0.1) is 11.3 Å². The number of nitrogens with one attached hydrogen (secondary N) is 1. The summed E-state index contributed by atoms with van der Waals surface area (Å²) in [5, 5.41) is 4.61. The van der Waals surface area contributed by atoms with Gasteiger partial charge in [-0.3, -0.25) is 0 Å². The molecule has 17 heavy (non-hydrogen) atoms. The monoisotopic (exact) mass is 263 g/mol. The Bertz CT molecular complexity index is 328. The first-order valence-electron chi connectivity index (χ1n) is 5.90. The fourth-order valence-electron chi connectivity index (χ4n) is 2.48. The van der Waals surface area contributed by atoms with Crippen molar-refractivity contribution >= 4 is 11.3 Å². The van der Waals surface area contributed by atoms with E-state index in [2.05, 4.69) is 5.32 Å². The van der Waals surface area contributed by atoms with Crippen LogP contribution in [-0.2, 0) is 0 Å². The van der Waals surface area contributed by atoms with Gasteiger partial charge in [-0.05, 0) is 30.2 Å². The van der Waals surface area contributed by atoms with E-state index in [4.69, 9.17) is 0 Å². The lowest BCUT2D eigenvalue weighted by molar-refractivity contribution is -0.127. The molecule has 0 aliphatic heterocycles. The van der Waals surface area contributed by atoms with Crippen LogP contribution in [0.15, 0.2) is 17.5 Å². The lowest BCUT2D eigenvalue weighted by Crippen LogP contribution is -2.34. The van der Waals surface area contributed by atoms with Crippen LogP contribution < -0.4 is 5.32 Å². The van der Waals surface area contributed by atoms with Crippen LogP contribution in [0.4, 0.5) is 13.2 Å². The van der Waals surface area contributed by atoms with E-state index in [9.17, 15) is 13.2 Å². The molecule has 1 heterocycles. The minimum absolute atomic E-state index is 0.126. The van der Waals surface area contributed by atoms with Crippen molar-refractivity contribution < 1.29 is 13.2 Å². The zero-order valence-electron chi connectivity index (χ0n) is 9.46. The van der Waals surface area contributed by atoms with Gasteiger partial charge in [0.2, 0.25) is 0 Å². The fourth-order valence-corrected chi connectivity index (χ4v) is 3.38. The maximum Gasteiger partial charge on any atom is 0.401 e. The first-order chi connectivity index (χ1) is 8.06. The number of halogens is 3. The van der Waals surface area contributed by atoms with Crippen LogP contribution in [-0.4, -0.2) is 12.7 Å². The van der Waals surface area contributed by atoms with Gasteiger partial charge in [0, 0.05) is 10.9 Å². The summed E-state index contributed by atoms with van der Waals surface area (Å²) in [7, 11) is 0. The normalized spacial score (nSPS) is 19.7. The van der Waals surface area contributed by atoms with Gasteiger partial charge >= 0.3 is 6.18 Å². The lowest BCUT2D eigenvalue weighted by atomic mass is 9.97. The average molecular weight is 263 g/mol. The molecular formula is C12H16F3NS. The van der Waals surface area contributed by atoms with Gasteiger partial charge in [0.25, 0.3) is 0 Å². The number of alkyl halides is 3. The molecule has 1 aromatic rings. The summed E-state index contributed by atoms with van der Waals surface area (Å²) in [6, 6.07) is 3.70. The molecule has 1 aliphatic carbocycles. The van der Waals surface area contributed by atoms with Crippen molar-refractivity contribution in [1.29, 1.82) is 0 Å². The van der Waals surface area contributed by atoms with E-state index in [0.29, 0.717) is 5.92 Å². The van der Waals surface area contributed by atoms with Gasteiger partial charge in [-0.25, -0.2) is 0 Å². The summed E-state index contributed by atoms with van der Waals surface area (Å²) in [5.41, 5.74) is 0. The molecule has 0 aromatic carbocycles. The molecule has 1 aliphatic rings. The molecule has 1 fully saturated rings. The van der Waals surface area contributed by atoms with Crippen molar-refractivity contribution in [1.82, 2.24) is 5.32 Å². The highest BCUT2D eigenvalue weighted by Gasteiger charge is 2.32. The van der Waals surface area contributed by atoms with E-state index >= 15 is 0 Å². The molecule has 1 aromatic heterocycles. The van der Waals surface area contributed by atoms with Gasteiger partial charge < -0.3 is 5.32 Å². The van der Waals surface area contributed by atoms with E-state index in [1.807, 2.05) is 17.5 Å². The highest BCUT2D eigenvalue weighted by molar-refractivity contribution is 7.10. The summed E-state index contributed by atoms with van der Waals surface area (Å²) in [6.45, 7) is -0.897. The first kappa shape index (κ1) is 12.9. The Morgan fingerprint density at radius 1 is 1.35 bits per heavy atom. The summed E-state index contributed by atoms with van der Waals surface area (Å²) in [6.07, 6.45) is 0.218. The van der Waals surface area contributed by atoms with Crippen molar-refractivity contribution in [2.45, 2.75) is 37.9 Å². The summed E-state index contributed by atoms with van der Waals surface area (Å²) >= 11 is 1.54. The van der Waals surface area contributed by atoms with E-state index in [-0.39, 0.29) is 6.04 Å². The van der Waals surface area contributed by atoms with Crippen molar-refractivity contribution in [3.63, 3.8) is 0 Å². The molecule has 1 saturated carbocycles. The smallest absolute Gasteiger partial charge is 0.301 e. The van der Waals surface area contributed by atoms with Crippen LogP contribution >= 0.6 is 11.3 Å². The predicted octanol–water partition coefficient (Wildman–Crippen LogP) is 4.13. The maximum atomic E-state index is 12.3. The second kappa shape index (κ2) is 5.40. The minimum atomic E-state index is -4.13. The van der Waals surface area contributed by atoms with Gasteiger partial charge in [-0.2, -0.15) is 13.2 Å². The van der Waals surface area contributed by atoms with E-state index in [0.717, 1.165) is 30.6 Å². The Kier molecular flexibility index (Phi) is 4.09. The zero-order valence-corrected chi connectivity index (χ0v) is 10.3. The highest BCUT2D eigenvalue weighted by Crippen LogP contribution is 2.37. The van der Waals surface area contributed by atoms with E-state index in [1.165, 1.54) is 11.3 Å². The second-order valence-electron chi connectivity index (χ2n) is 4.53. The number of hydrogen-bond acceptors (Lipinski definition) is 2. The molecule has 0 saturated heterocycles. The molecule has 2 rings (SSSR count). The molecular weight excluding hydrogens is 247 g/mol. The molecule has 0 spiro atoms. The topological polar surface area (TPSA) is 12.0 Å². The van der Waals surface area contributed by atoms with Gasteiger partial charge in [0.15, 0.2) is 0 Å². The van der Waals surface area contributed by atoms with Gasteiger partial charge in [-0.1, -0.05) is 18.9 Å². The number of thiophene rings is 1. The molecule has 96 valence electrons. The third-order valence-corrected chi connectivity index (χ3v) is 4.20. The third kappa shape index (κ3) is 3.71. The summed E-state index contributed by atoms with van der Waals surface area (Å²) in [4.78, 5) is 1.03. The SMILES string of the molecule is FC(F)(F)CNC(c1cccs1)C1CCCC1. The van der Waals surface area contributed by atoms with Crippen LogP contribution in [0, 0.1) is 5.92 Å². The lowest BCUT2D eigenvalue weighted by Gasteiger charge is -2.24. The van der Waals surface area contributed by atoms with E-state index < -0.39 is 12.7 Å². The molecule has 0 radical (unpaired) electrons. The standard InChI is InChI=1S/C12H16F3NS/c13-12(14,15)8-16-11(9-4-1-2-5-9)10-6-3-7-17-10/h3,6-7,9,11,16H,1-2,4-5,8H2. The van der Waals surface area contributed by atoms with Crippen LogP contribution in [0.3, 0.4) is 0 Å². The maximum absolute atomic E-state index is 12.3. The van der Waals surface area contributed by atoms with Crippen molar-refractivity contribution in [2.75, 3.05) is 6.54 Å². The Morgan fingerprint density at radius 2 is 2.06 bits per heavy atom. The van der Waals surface area contributed by atoms with Crippen LogP contribution in [0.5, 0.6) is 0 Å². The van der Waals surface area contributed by atoms with Crippen molar-refractivity contribution in [3.8, 4) is 0 Å². The quantitative estimate of drug-likeness (QED) is 0.861. The molecule has 1 nitrogen and oxygen atoms in total. The van der Waals surface area contributed by atoms with Crippen molar-refractivity contribution in [2.24, 2.45) is 5.92 Å². The third-order valence-electron chi connectivity index (χ3n) is 3.24. The van der Waals surface area contributed by atoms with E-state index in [1.54, 1.807) is 0 Å². The largest absolute Gasteiger partial charge is 0.401 e. The zero-order chi connectivity index (χ0) is 12.3. The fraction of sp³-hybridized carbons (Fsp3) is 0.667. The first-order valence-corrected chi connectivity index (χ1v) is 6.78. The van der Waals surface area contributed by atoms with Gasteiger partial charge in [0.05, 0.1) is 6.54 Å². The molecule has 0 amide bonds. The van der Waals surface area contributed by atoms with Crippen LogP contribution in [0.1, 0.15) is 36.6 Å². The van der Waals surface area contributed by atoms with Crippen LogP contribution in [0.2, 0.25) is 0 Å². The van der Waals surface area contributed by atoms with Crippen LogP contribution in [0.25, 0.3) is 0 Å².